The number of rotatable bonds is 18. The minimum absolute atomic E-state index is 0.0344. The van der Waals surface area contributed by atoms with Crippen molar-refractivity contribution in [3.8, 4) is 5.75 Å². The van der Waals surface area contributed by atoms with Crippen LogP contribution in [-0.2, 0) is 37.5 Å². The molecule has 2 aliphatic heterocycles. The van der Waals surface area contributed by atoms with Gasteiger partial charge in [-0.1, -0.05) is 43.6 Å². The Morgan fingerprint density at radius 3 is 2.09 bits per heavy atom. The highest BCUT2D eigenvalue weighted by Crippen LogP contribution is 2.48. The summed E-state index contributed by atoms with van der Waals surface area (Å²) in [6.45, 7) is 24.2. The third kappa shape index (κ3) is 12.7. The van der Waals surface area contributed by atoms with Crippen molar-refractivity contribution < 1.29 is 41.5 Å². The smallest absolute Gasteiger partial charge is 0.276 e. The molecule has 0 radical (unpaired) electrons. The maximum atomic E-state index is 13.4. The van der Waals surface area contributed by atoms with E-state index in [0.29, 0.717) is 60.0 Å². The van der Waals surface area contributed by atoms with E-state index < -0.39 is 72.5 Å². The fourth-order valence-electron chi connectivity index (χ4n) is 6.92. The summed E-state index contributed by atoms with van der Waals surface area (Å²) in [6, 6.07) is 15.4. The molecule has 1 N–H and O–H groups in total. The van der Waals surface area contributed by atoms with Crippen LogP contribution in [0.3, 0.4) is 0 Å². The zero-order valence-electron chi connectivity index (χ0n) is 33.8. The highest BCUT2D eigenvalue weighted by molar-refractivity contribution is 6.70. The van der Waals surface area contributed by atoms with E-state index in [1.54, 1.807) is 12.1 Å². The Labute approximate surface area is 329 Å². The summed E-state index contributed by atoms with van der Waals surface area (Å²) < 4.78 is 65.6. The molecular weight excluding hydrogens is 776 g/mol. The Morgan fingerprint density at radius 1 is 0.906 bits per heavy atom. The molecule has 2 fully saturated rings. The number of halogens is 1. The van der Waals surface area contributed by atoms with Crippen molar-refractivity contribution in [2.24, 2.45) is 5.92 Å². The van der Waals surface area contributed by atoms with Gasteiger partial charge in [0, 0.05) is 28.5 Å². The summed E-state index contributed by atoms with van der Waals surface area (Å²) in [5.41, 5.74) is 2.08. The van der Waals surface area contributed by atoms with Crippen molar-refractivity contribution in [1.82, 2.24) is 0 Å². The number of ether oxygens (including phenoxy) is 3. The van der Waals surface area contributed by atoms with Crippen LogP contribution in [0.25, 0.3) is 0 Å². The molecular formula is C38H63ClO9Si5. The van der Waals surface area contributed by atoms with E-state index in [9.17, 15) is 14.0 Å². The van der Waals surface area contributed by atoms with Gasteiger partial charge in [-0.05, 0) is 119 Å². The molecule has 4 rings (SSSR count). The zero-order chi connectivity index (χ0) is 39.4. The first kappa shape index (κ1) is 44.7. The van der Waals surface area contributed by atoms with Gasteiger partial charge < -0.3 is 41.5 Å². The molecule has 0 amide bonds. The molecule has 0 aliphatic carbocycles. The van der Waals surface area contributed by atoms with Crippen molar-refractivity contribution >= 4 is 53.9 Å². The third-order valence-electron chi connectivity index (χ3n) is 9.38. The topological polar surface area (TPSA) is 110 Å². The van der Waals surface area contributed by atoms with Gasteiger partial charge in [0.05, 0.1) is 31.5 Å². The third-order valence-corrected chi connectivity index (χ3v) is 16.0. The van der Waals surface area contributed by atoms with Crippen LogP contribution in [0.1, 0.15) is 49.5 Å². The summed E-state index contributed by atoms with van der Waals surface area (Å²) in [5, 5.41) is 13.7. The predicted octanol–water partition coefficient (Wildman–Crippen LogP) is 9.32. The Hall–Kier alpha value is -1.03. The highest BCUT2D eigenvalue weighted by atomic mass is 35.5. The largest absolute Gasteiger partial charge is 0.488 e. The van der Waals surface area contributed by atoms with Crippen LogP contribution in [0.4, 0.5) is 0 Å². The Bertz CT molecular complexity index is 1540. The summed E-state index contributed by atoms with van der Waals surface area (Å²) in [7, 11) is -10.6. The molecule has 2 saturated heterocycles. The SMILES string of the molecule is CC[Si](=O)CC[C@H]1O[C@@](O)(c2ccc(Cl)c(C(O[Si](C)(C)C)c3ccc(OC4CCOC4)cc3)c2)[C@H](O[Si](C)(C)C)[C@@H](O[Si](C)(C)C)[C@@H]1C[Si](=O)CC. The Kier molecular flexibility index (Phi) is 15.6. The molecule has 2 aliphatic rings. The predicted molar refractivity (Wildman–Crippen MR) is 221 cm³/mol. The van der Waals surface area contributed by atoms with Gasteiger partial charge in [-0.3, -0.25) is 0 Å². The molecule has 0 bridgehead atoms. The molecule has 0 spiro atoms. The van der Waals surface area contributed by atoms with Gasteiger partial charge in [0.25, 0.3) is 17.4 Å². The van der Waals surface area contributed by atoms with Crippen molar-refractivity contribution in [2.75, 3.05) is 13.2 Å². The van der Waals surface area contributed by atoms with Gasteiger partial charge >= 0.3 is 0 Å². The van der Waals surface area contributed by atoms with Gasteiger partial charge in [-0.2, -0.15) is 0 Å². The number of hydrogen-bond acceptors (Lipinski definition) is 9. The summed E-state index contributed by atoms with van der Waals surface area (Å²) in [4.78, 5) is 0. The molecule has 2 unspecified atom stereocenters. The van der Waals surface area contributed by atoms with Crippen LogP contribution in [-0.4, -0.2) is 85.1 Å². The molecule has 7 atom stereocenters. The normalized spacial score (nSPS) is 26.0. The van der Waals surface area contributed by atoms with Crippen LogP contribution in [0, 0.1) is 5.92 Å². The monoisotopic (exact) mass is 838 g/mol. The molecule has 53 heavy (non-hydrogen) atoms. The average molecular weight is 840 g/mol. The lowest BCUT2D eigenvalue weighted by Crippen LogP contribution is -2.65. The minimum atomic E-state index is -2.36. The van der Waals surface area contributed by atoms with Crippen molar-refractivity contribution in [3.05, 3.63) is 64.2 Å². The molecule has 0 saturated carbocycles. The number of aliphatic hydroxyl groups is 1. The first-order valence-electron chi connectivity index (χ1n) is 19.2. The number of benzene rings is 2. The van der Waals surface area contributed by atoms with Crippen LogP contribution in [0.2, 0.25) is 88.1 Å². The van der Waals surface area contributed by atoms with Crippen molar-refractivity contribution in [2.45, 2.75) is 146 Å². The van der Waals surface area contributed by atoms with E-state index in [0.717, 1.165) is 17.7 Å². The molecule has 9 nitrogen and oxygen atoms in total. The Balaban J connectivity index is 1.87. The Morgan fingerprint density at radius 2 is 1.55 bits per heavy atom. The van der Waals surface area contributed by atoms with Gasteiger partial charge in [-0.15, -0.1) is 0 Å². The van der Waals surface area contributed by atoms with E-state index in [1.165, 1.54) is 0 Å². The second-order valence-corrected chi connectivity index (χ2v) is 35.7. The van der Waals surface area contributed by atoms with Crippen LogP contribution in [0.5, 0.6) is 5.75 Å². The van der Waals surface area contributed by atoms with Crippen LogP contribution in [0.15, 0.2) is 42.5 Å². The van der Waals surface area contributed by atoms with Gasteiger partial charge in [0.2, 0.25) is 5.79 Å². The van der Waals surface area contributed by atoms with Crippen LogP contribution < -0.4 is 4.74 Å². The first-order valence-corrected chi connectivity index (χ1v) is 33.5. The summed E-state index contributed by atoms with van der Waals surface area (Å²) >= 11 is 7.05. The van der Waals surface area contributed by atoms with Crippen LogP contribution >= 0.6 is 11.6 Å². The number of hydrogen-bond donors (Lipinski definition) is 1. The summed E-state index contributed by atoms with van der Waals surface area (Å²) in [6.07, 6.45) is -1.27. The fourth-order valence-corrected chi connectivity index (χ4v) is 12.5. The van der Waals surface area contributed by atoms with E-state index in [2.05, 4.69) is 58.9 Å². The van der Waals surface area contributed by atoms with Crippen molar-refractivity contribution in [3.63, 3.8) is 0 Å². The molecule has 296 valence electrons. The lowest BCUT2D eigenvalue weighted by molar-refractivity contribution is -0.339. The standard InChI is InChI=1S/C38H63ClO9Si5/c1-12-49(41)23-21-34-32(26-50(42)13-2)36(47-52(6,7)8)37(48-53(9,10)11)38(40,45-34)28-16-19-33(39)31(24-28)35(46-51(3,4)5)27-14-17-29(18-15-27)44-30-20-22-43-25-30/h14-19,24,30,32,34-37,40H,12-13,20-23,25-26H2,1-11H3/t30?,32-,34-,35?,36+,37-,38+/m1/s1. The lowest BCUT2D eigenvalue weighted by atomic mass is 9.82. The van der Waals surface area contributed by atoms with Crippen molar-refractivity contribution in [1.29, 1.82) is 0 Å². The molecule has 2 aromatic rings. The second-order valence-electron chi connectivity index (χ2n) is 17.4. The van der Waals surface area contributed by atoms with E-state index in [1.807, 2.05) is 44.2 Å². The molecule has 15 heteroatoms. The lowest BCUT2D eigenvalue weighted by Gasteiger charge is -2.54. The van der Waals surface area contributed by atoms with Gasteiger partial charge in [0.15, 0.2) is 25.0 Å². The summed E-state index contributed by atoms with van der Waals surface area (Å²) in [5.74, 6) is -1.51. The van der Waals surface area contributed by atoms with E-state index in [4.69, 9.17) is 39.1 Å². The second kappa shape index (κ2) is 18.5. The fraction of sp³-hybridized carbons (Fsp3) is 0.684. The zero-order valence-corrected chi connectivity index (χ0v) is 39.5. The maximum Gasteiger partial charge on any atom is 0.276 e. The van der Waals surface area contributed by atoms with E-state index >= 15 is 0 Å². The molecule has 0 aromatic heterocycles. The minimum Gasteiger partial charge on any atom is -0.488 e. The van der Waals surface area contributed by atoms with Gasteiger partial charge in [0.1, 0.15) is 18.0 Å². The van der Waals surface area contributed by atoms with Gasteiger partial charge in [-0.25, -0.2) is 0 Å². The average Bonchev–Trinajstić information content (AvgIpc) is 3.57. The first-order chi connectivity index (χ1) is 24.6. The maximum absolute atomic E-state index is 13.4. The molecule has 2 heterocycles. The molecule has 2 aromatic carbocycles. The quantitative estimate of drug-likeness (QED) is 0.147. The highest BCUT2D eigenvalue weighted by Gasteiger charge is 2.58. The van der Waals surface area contributed by atoms with E-state index in [-0.39, 0.29) is 12.0 Å².